The molecule has 0 N–H and O–H groups in total. The van der Waals surface area contributed by atoms with Crippen molar-refractivity contribution in [3.8, 4) is 0 Å². The van der Waals surface area contributed by atoms with Gasteiger partial charge in [-0.25, -0.2) is 0 Å². The van der Waals surface area contributed by atoms with Crippen molar-refractivity contribution in [1.82, 2.24) is 14.8 Å². The first-order chi connectivity index (χ1) is 11.6. The van der Waals surface area contributed by atoms with Crippen molar-refractivity contribution in [3.05, 3.63) is 64.4 Å². The van der Waals surface area contributed by atoms with Crippen molar-refractivity contribution >= 4 is 23.4 Å². The number of fused-ring (bicyclic) bond motifs is 3. The molecule has 0 radical (unpaired) electrons. The second-order valence-electron chi connectivity index (χ2n) is 6.12. The third kappa shape index (κ3) is 2.55. The lowest BCUT2D eigenvalue weighted by Crippen LogP contribution is -2.55. The molecule has 122 valence electrons. The highest BCUT2D eigenvalue weighted by Crippen LogP contribution is 2.34. The van der Waals surface area contributed by atoms with E-state index in [4.69, 9.17) is 11.6 Å². The van der Waals surface area contributed by atoms with Crippen LogP contribution in [0.25, 0.3) is 0 Å². The minimum atomic E-state index is -0.162. The van der Waals surface area contributed by atoms with Gasteiger partial charge in [-0.2, -0.15) is 0 Å². The van der Waals surface area contributed by atoms with Gasteiger partial charge in [0.25, 0.3) is 5.91 Å². The van der Waals surface area contributed by atoms with E-state index in [0.717, 1.165) is 12.0 Å². The van der Waals surface area contributed by atoms with Gasteiger partial charge in [0, 0.05) is 30.5 Å². The Hall–Kier alpha value is -2.40. The molecular weight excluding hydrogens is 326 g/mol. The van der Waals surface area contributed by atoms with Crippen LogP contribution in [-0.4, -0.2) is 46.2 Å². The van der Waals surface area contributed by atoms with Gasteiger partial charge in [0.05, 0.1) is 11.6 Å². The largest absolute Gasteiger partial charge is 0.332 e. The Balaban J connectivity index is 1.66. The zero-order valence-electron chi connectivity index (χ0n) is 13.0. The number of rotatable bonds is 1. The second kappa shape index (κ2) is 5.91. The summed E-state index contributed by atoms with van der Waals surface area (Å²) < 4.78 is 0. The van der Waals surface area contributed by atoms with Gasteiger partial charge in [-0.15, -0.1) is 0 Å². The van der Waals surface area contributed by atoms with Gasteiger partial charge in [-0.3, -0.25) is 14.6 Å². The Labute approximate surface area is 144 Å². The fourth-order valence-electron chi connectivity index (χ4n) is 3.52. The quantitative estimate of drug-likeness (QED) is 0.800. The van der Waals surface area contributed by atoms with Gasteiger partial charge in [-0.1, -0.05) is 17.7 Å². The molecule has 1 atom stereocenters. The zero-order chi connectivity index (χ0) is 16.7. The highest BCUT2D eigenvalue weighted by Gasteiger charge is 2.38. The number of carbonyl (C=O) groups excluding carboxylic acids is 2. The number of benzene rings is 1. The standard InChI is InChI=1S/C18H16ClN3O2/c19-14-4-3-12-5-7-22-16(15(12)8-14)10-21(11-17(22)23)18(24)13-2-1-6-20-9-13/h1-4,6,8-9,16H,5,7,10-11H2. The van der Waals surface area contributed by atoms with Crippen LogP contribution in [0.15, 0.2) is 42.7 Å². The lowest BCUT2D eigenvalue weighted by Gasteiger charge is -2.44. The van der Waals surface area contributed by atoms with Crippen molar-refractivity contribution in [2.75, 3.05) is 19.6 Å². The summed E-state index contributed by atoms with van der Waals surface area (Å²) in [5, 5.41) is 0.652. The number of aromatic nitrogens is 1. The maximum atomic E-state index is 12.7. The zero-order valence-corrected chi connectivity index (χ0v) is 13.7. The van der Waals surface area contributed by atoms with Crippen LogP contribution in [0.5, 0.6) is 0 Å². The fourth-order valence-corrected chi connectivity index (χ4v) is 3.70. The number of nitrogens with zero attached hydrogens (tertiary/aromatic N) is 3. The van der Waals surface area contributed by atoms with E-state index in [1.54, 1.807) is 23.2 Å². The summed E-state index contributed by atoms with van der Waals surface area (Å²) in [4.78, 5) is 32.7. The number of hydrogen-bond donors (Lipinski definition) is 0. The van der Waals surface area contributed by atoms with Crippen LogP contribution in [0.2, 0.25) is 5.02 Å². The SMILES string of the molecule is O=C(c1cccnc1)N1CC(=O)N2CCc3ccc(Cl)cc3C2C1. The van der Waals surface area contributed by atoms with Crippen LogP contribution in [0.4, 0.5) is 0 Å². The number of pyridine rings is 1. The van der Waals surface area contributed by atoms with E-state index in [9.17, 15) is 9.59 Å². The number of halogens is 1. The first kappa shape index (κ1) is 15.1. The molecule has 1 fully saturated rings. The molecule has 24 heavy (non-hydrogen) atoms. The van der Waals surface area contributed by atoms with Gasteiger partial charge in [0.1, 0.15) is 6.54 Å². The molecular formula is C18H16ClN3O2. The van der Waals surface area contributed by atoms with Crippen LogP contribution < -0.4 is 0 Å². The summed E-state index contributed by atoms with van der Waals surface area (Å²) in [5.41, 5.74) is 2.75. The van der Waals surface area contributed by atoms with Crippen LogP contribution in [-0.2, 0) is 11.2 Å². The summed E-state index contributed by atoms with van der Waals surface area (Å²) in [7, 11) is 0. The Bertz CT molecular complexity index is 809. The van der Waals surface area contributed by atoms with Crippen LogP contribution in [0.1, 0.15) is 27.5 Å². The third-order valence-electron chi connectivity index (χ3n) is 4.70. The minimum Gasteiger partial charge on any atom is -0.332 e. The monoisotopic (exact) mass is 341 g/mol. The molecule has 6 heteroatoms. The average molecular weight is 342 g/mol. The molecule has 2 aromatic rings. The molecule has 0 saturated carbocycles. The Morgan fingerprint density at radius 1 is 1.29 bits per heavy atom. The summed E-state index contributed by atoms with van der Waals surface area (Å²) in [6.45, 7) is 1.28. The predicted molar refractivity (Wildman–Crippen MR) is 89.8 cm³/mol. The van der Waals surface area contributed by atoms with E-state index in [-0.39, 0.29) is 24.4 Å². The lowest BCUT2D eigenvalue weighted by molar-refractivity contribution is -0.139. The molecule has 1 aromatic heterocycles. The maximum absolute atomic E-state index is 12.7. The molecule has 2 aliphatic heterocycles. The normalized spacial score (nSPS) is 19.7. The third-order valence-corrected chi connectivity index (χ3v) is 4.94. The van der Waals surface area contributed by atoms with Crippen molar-refractivity contribution < 1.29 is 9.59 Å². The topological polar surface area (TPSA) is 53.5 Å². The van der Waals surface area contributed by atoms with Crippen LogP contribution in [0, 0.1) is 0 Å². The number of carbonyl (C=O) groups is 2. The lowest BCUT2D eigenvalue weighted by atomic mass is 9.90. The molecule has 4 rings (SSSR count). The Morgan fingerprint density at radius 2 is 2.17 bits per heavy atom. The summed E-state index contributed by atoms with van der Waals surface area (Å²) in [6.07, 6.45) is 3.98. The molecule has 2 amide bonds. The minimum absolute atomic E-state index is 0.0193. The van der Waals surface area contributed by atoms with E-state index in [2.05, 4.69) is 4.98 Å². The summed E-state index contributed by atoms with van der Waals surface area (Å²) in [5.74, 6) is -0.181. The van der Waals surface area contributed by atoms with Gasteiger partial charge in [0.2, 0.25) is 5.91 Å². The Morgan fingerprint density at radius 3 is 2.96 bits per heavy atom. The highest BCUT2D eigenvalue weighted by molar-refractivity contribution is 6.30. The van der Waals surface area contributed by atoms with E-state index in [1.807, 2.05) is 23.1 Å². The van der Waals surface area contributed by atoms with Crippen molar-refractivity contribution in [3.63, 3.8) is 0 Å². The van der Waals surface area contributed by atoms with Gasteiger partial charge < -0.3 is 9.80 Å². The van der Waals surface area contributed by atoms with Crippen molar-refractivity contribution in [2.45, 2.75) is 12.5 Å². The number of piperazine rings is 1. The van der Waals surface area contributed by atoms with Gasteiger partial charge in [0.15, 0.2) is 0 Å². The van der Waals surface area contributed by atoms with E-state index in [1.165, 1.54) is 11.8 Å². The highest BCUT2D eigenvalue weighted by atomic mass is 35.5. The number of hydrogen-bond acceptors (Lipinski definition) is 3. The maximum Gasteiger partial charge on any atom is 0.255 e. The van der Waals surface area contributed by atoms with Crippen molar-refractivity contribution in [2.24, 2.45) is 0 Å². The molecule has 0 spiro atoms. The summed E-state index contributed by atoms with van der Waals surface area (Å²) in [6, 6.07) is 9.12. The van der Waals surface area contributed by atoms with E-state index in [0.29, 0.717) is 23.7 Å². The molecule has 0 aliphatic carbocycles. The average Bonchev–Trinajstić information content (AvgIpc) is 2.61. The smallest absolute Gasteiger partial charge is 0.255 e. The summed E-state index contributed by atoms with van der Waals surface area (Å²) >= 11 is 6.15. The van der Waals surface area contributed by atoms with E-state index < -0.39 is 0 Å². The first-order valence-corrected chi connectivity index (χ1v) is 8.28. The molecule has 1 aromatic carbocycles. The van der Waals surface area contributed by atoms with E-state index >= 15 is 0 Å². The molecule has 1 saturated heterocycles. The first-order valence-electron chi connectivity index (χ1n) is 7.90. The molecule has 3 heterocycles. The predicted octanol–water partition coefficient (Wildman–Crippen LogP) is 2.32. The molecule has 0 bridgehead atoms. The fraction of sp³-hybridized carbons (Fsp3) is 0.278. The second-order valence-corrected chi connectivity index (χ2v) is 6.56. The van der Waals surface area contributed by atoms with Gasteiger partial charge in [-0.05, 0) is 41.8 Å². The molecule has 5 nitrogen and oxygen atoms in total. The van der Waals surface area contributed by atoms with Crippen LogP contribution in [0.3, 0.4) is 0 Å². The molecule has 1 unspecified atom stereocenters. The molecule has 2 aliphatic rings. The Kier molecular flexibility index (Phi) is 3.73. The van der Waals surface area contributed by atoms with Crippen LogP contribution >= 0.6 is 11.6 Å². The van der Waals surface area contributed by atoms with Gasteiger partial charge >= 0.3 is 0 Å². The van der Waals surface area contributed by atoms with Crippen molar-refractivity contribution in [1.29, 1.82) is 0 Å². The number of amides is 2.